The molecule has 26 heavy (non-hydrogen) atoms. The molecule has 0 radical (unpaired) electrons. The van der Waals surface area contributed by atoms with E-state index in [0.29, 0.717) is 6.54 Å². The number of nitrogens with one attached hydrogen (secondary N) is 1. The SMILES string of the molecule is CC(C)C(=O)N(Cc1ccc(F)cc1)[C@@H](C)C(=O)NCc1ccccn1. The van der Waals surface area contributed by atoms with Gasteiger partial charge in [0, 0.05) is 18.7 Å². The zero-order chi connectivity index (χ0) is 19.1. The van der Waals surface area contributed by atoms with Crippen molar-refractivity contribution in [3.05, 3.63) is 65.7 Å². The predicted octanol–water partition coefficient (Wildman–Crippen LogP) is 2.91. The maximum atomic E-state index is 13.1. The number of carbonyl (C=O) groups excluding carboxylic acids is 2. The molecule has 2 rings (SSSR count). The van der Waals surface area contributed by atoms with Gasteiger partial charge in [-0.3, -0.25) is 14.6 Å². The summed E-state index contributed by atoms with van der Waals surface area (Å²) in [5, 5.41) is 2.81. The lowest BCUT2D eigenvalue weighted by atomic mass is 10.1. The summed E-state index contributed by atoms with van der Waals surface area (Å²) in [5.74, 6) is -0.972. The highest BCUT2D eigenvalue weighted by Crippen LogP contribution is 2.14. The number of hydrogen-bond acceptors (Lipinski definition) is 3. The van der Waals surface area contributed by atoms with Gasteiger partial charge in [0.15, 0.2) is 0 Å². The van der Waals surface area contributed by atoms with Crippen LogP contribution in [0.1, 0.15) is 32.0 Å². The van der Waals surface area contributed by atoms with Crippen LogP contribution in [0, 0.1) is 11.7 Å². The van der Waals surface area contributed by atoms with Crippen LogP contribution in [-0.4, -0.2) is 27.7 Å². The van der Waals surface area contributed by atoms with Gasteiger partial charge in [0.1, 0.15) is 11.9 Å². The van der Waals surface area contributed by atoms with E-state index in [1.165, 1.54) is 17.0 Å². The molecule has 138 valence electrons. The van der Waals surface area contributed by atoms with Crippen LogP contribution in [-0.2, 0) is 22.7 Å². The van der Waals surface area contributed by atoms with Gasteiger partial charge in [-0.25, -0.2) is 4.39 Å². The molecule has 0 unspecified atom stereocenters. The summed E-state index contributed by atoms with van der Waals surface area (Å²) in [6.45, 7) is 5.81. The van der Waals surface area contributed by atoms with E-state index in [2.05, 4.69) is 10.3 Å². The first-order chi connectivity index (χ1) is 12.4. The number of hydrogen-bond donors (Lipinski definition) is 1. The van der Waals surface area contributed by atoms with Crippen molar-refractivity contribution in [2.24, 2.45) is 5.92 Å². The molecule has 0 bridgehead atoms. The Hall–Kier alpha value is -2.76. The highest BCUT2D eigenvalue weighted by molar-refractivity contribution is 5.88. The molecule has 1 aromatic carbocycles. The molecule has 5 nitrogen and oxygen atoms in total. The first-order valence-corrected chi connectivity index (χ1v) is 8.61. The third-order valence-electron chi connectivity index (χ3n) is 4.06. The molecule has 0 spiro atoms. The zero-order valence-electron chi connectivity index (χ0n) is 15.3. The Balaban J connectivity index is 2.08. The average molecular weight is 357 g/mol. The third-order valence-corrected chi connectivity index (χ3v) is 4.06. The van der Waals surface area contributed by atoms with Crippen LogP contribution in [0.4, 0.5) is 4.39 Å². The maximum absolute atomic E-state index is 13.1. The maximum Gasteiger partial charge on any atom is 0.242 e. The molecule has 1 heterocycles. The number of carbonyl (C=O) groups is 2. The Bertz CT molecular complexity index is 732. The molecular formula is C20H24FN3O2. The van der Waals surface area contributed by atoms with E-state index in [0.717, 1.165) is 11.3 Å². The van der Waals surface area contributed by atoms with E-state index in [9.17, 15) is 14.0 Å². The molecule has 1 aromatic heterocycles. The summed E-state index contributed by atoms with van der Waals surface area (Å²) in [7, 11) is 0. The van der Waals surface area contributed by atoms with Crippen molar-refractivity contribution in [2.75, 3.05) is 0 Å². The van der Waals surface area contributed by atoms with Crippen LogP contribution in [0.25, 0.3) is 0 Å². The second kappa shape index (κ2) is 9.08. The number of halogens is 1. The molecule has 1 atom stereocenters. The Labute approximate surface area is 153 Å². The lowest BCUT2D eigenvalue weighted by molar-refractivity contribution is -0.143. The number of aromatic nitrogens is 1. The molecule has 6 heteroatoms. The minimum Gasteiger partial charge on any atom is -0.349 e. The van der Waals surface area contributed by atoms with Crippen LogP contribution in [0.3, 0.4) is 0 Å². The van der Waals surface area contributed by atoms with Gasteiger partial charge in [-0.2, -0.15) is 0 Å². The molecule has 0 aliphatic heterocycles. The molecule has 0 saturated heterocycles. The van der Waals surface area contributed by atoms with Crippen molar-refractivity contribution < 1.29 is 14.0 Å². The Kier molecular flexibility index (Phi) is 6.83. The number of nitrogens with zero attached hydrogens (tertiary/aromatic N) is 2. The van der Waals surface area contributed by atoms with Gasteiger partial charge in [-0.15, -0.1) is 0 Å². The Morgan fingerprint density at radius 1 is 1.12 bits per heavy atom. The van der Waals surface area contributed by atoms with Gasteiger partial charge in [0.2, 0.25) is 11.8 Å². The fraction of sp³-hybridized carbons (Fsp3) is 0.350. The van der Waals surface area contributed by atoms with Gasteiger partial charge in [-0.05, 0) is 36.8 Å². The third kappa shape index (κ3) is 5.37. The molecule has 0 aliphatic rings. The molecule has 0 fully saturated rings. The number of benzene rings is 1. The second-order valence-corrected chi connectivity index (χ2v) is 6.46. The summed E-state index contributed by atoms with van der Waals surface area (Å²) in [4.78, 5) is 30.8. The molecular weight excluding hydrogens is 333 g/mol. The Morgan fingerprint density at radius 2 is 1.81 bits per heavy atom. The lowest BCUT2D eigenvalue weighted by Crippen LogP contribution is -2.48. The fourth-order valence-corrected chi connectivity index (χ4v) is 2.49. The molecule has 2 aromatic rings. The molecule has 1 N–H and O–H groups in total. The van der Waals surface area contributed by atoms with E-state index in [1.54, 1.807) is 45.2 Å². The normalized spacial score (nSPS) is 11.9. The summed E-state index contributed by atoms with van der Waals surface area (Å²) < 4.78 is 13.1. The number of rotatable bonds is 7. The van der Waals surface area contributed by atoms with Crippen LogP contribution >= 0.6 is 0 Å². The van der Waals surface area contributed by atoms with E-state index in [1.807, 2.05) is 12.1 Å². The highest BCUT2D eigenvalue weighted by Gasteiger charge is 2.27. The predicted molar refractivity (Wildman–Crippen MR) is 97.3 cm³/mol. The minimum atomic E-state index is -0.654. The molecule has 0 saturated carbocycles. The summed E-state index contributed by atoms with van der Waals surface area (Å²) >= 11 is 0. The minimum absolute atomic E-state index is 0.130. The van der Waals surface area contributed by atoms with Crippen LogP contribution in [0.5, 0.6) is 0 Å². The van der Waals surface area contributed by atoms with Crippen molar-refractivity contribution in [3.63, 3.8) is 0 Å². The van der Waals surface area contributed by atoms with Crippen LogP contribution in [0.2, 0.25) is 0 Å². The highest BCUT2D eigenvalue weighted by atomic mass is 19.1. The Morgan fingerprint density at radius 3 is 2.38 bits per heavy atom. The summed E-state index contributed by atoms with van der Waals surface area (Å²) in [6, 6.07) is 10.8. The number of amides is 2. The van der Waals surface area contributed by atoms with Crippen molar-refractivity contribution in [3.8, 4) is 0 Å². The first-order valence-electron chi connectivity index (χ1n) is 8.61. The largest absolute Gasteiger partial charge is 0.349 e. The van der Waals surface area contributed by atoms with E-state index >= 15 is 0 Å². The summed E-state index contributed by atoms with van der Waals surface area (Å²) in [6.07, 6.45) is 1.66. The van der Waals surface area contributed by atoms with Crippen molar-refractivity contribution in [2.45, 2.75) is 39.9 Å². The average Bonchev–Trinajstić information content (AvgIpc) is 2.65. The topological polar surface area (TPSA) is 62.3 Å². The fourth-order valence-electron chi connectivity index (χ4n) is 2.49. The van der Waals surface area contributed by atoms with Crippen LogP contribution in [0.15, 0.2) is 48.7 Å². The van der Waals surface area contributed by atoms with E-state index < -0.39 is 6.04 Å². The number of pyridine rings is 1. The van der Waals surface area contributed by atoms with Gasteiger partial charge in [0.05, 0.1) is 12.2 Å². The summed E-state index contributed by atoms with van der Waals surface area (Å²) in [5.41, 5.74) is 1.51. The quantitative estimate of drug-likeness (QED) is 0.829. The van der Waals surface area contributed by atoms with Gasteiger partial charge in [0.25, 0.3) is 0 Å². The monoisotopic (exact) mass is 357 g/mol. The van der Waals surface area contributed by atoms with Crippen molar-refractivity contribution in [1.82, 2.24) is 15.2 Å². The first kappa shape index (κ1) is 19.6. The van der Waals surface area contributed by atoms with Gasteiger partial charge < -0.3 is 10.2 Å². The standard InChI is InChI=1S/C20H24FN3O2/c1-14(2)20(26)24(13-16-7-9-17(21)10-8-16)15(3)19(25)23-12-18-6-4-5-11-22-18/h4-11,14-15H,12-13H2,1-3H3,(H,23,25)/t15-/m0/s1. The second-order valence-electron chi connectivity index (χ2n) is 6.46. The smallest absolute Gasteiger partial charge is 0.242 e. The van der Waals surface area contributed by atoms with Crippen molar-refractivity contribution >= 4 is 11.8 Å². The van der Waals surface area contributed by atoms with E-state index in [4.69, 9.17) is 0 Å². The van der Waals surface area contributed by atoms with Crippen LogP contribution < -0.4 is 5.32 Å². The zero-order valence-corrected chi connectivity index (χ0v) is 15.3. The lowest BCUT2D eigenvalue weighted by Gasteiger charge is -2.30. The van der Waals surface area contributed by atoms with E-state index in [-0.39, 0.29) is 30.1 Å². The van der Waals surface area contributed by atoms with Crippen molar-refractivity contribution in [1.29, 1.82) is 0 Å². The van der Waals surface area contributed by atoms with Gasteiger partial charge >= 0.3 is 0 Å². The molecule has 0 aliphatic carbocycles. The van der Waals surface area contributed by atoms with Gasteiger partial charge in [-0.1, -0.05) is 32.0 Å². The molecule has 2 amide bonds.